The Morgan fingerprint density at radius 2 is 1.96 bits per heavy atom. The third-order valence-corrected chi connectivity index (χ3v) is 4.50. The largest absolute Gasteiger partial charge is 0.367 e. The summed E-state index contributed by atoms with van der Waals surface area (Å²) in [5.41, 5.74) is 2.91. The van der Waals surface area contributed by atoms with Crippen molar-refractivity contribution in [3.63, 3.8) is 0 Å². The summed E-state index contributed by atoms with van der Waals surface area (Å²) in [6.07, 6.45) is 6.24. The highest BCUT2D eigenvalue weighted by Gasteiger charge is 2.17. The normalized spacial score (nSPS) is 16.7. The number of pyridine rings is 2. The van der Waals surface area contributed by atoms with Crippen LogP contribution in [0.5, 0.6) is 0 Å². The number of nitrogens with one attached hydrogen (secondary N) is 1. The van der Waals surface area contributed by atoms with E-state index in [1.807, 2.05) is 42.7 Å². The zero-order valence-corrected chi connectivity index (χ0v) is 13.3. The van der Waals surface area contributed by atoms with Crippen molar-refractivity contribution in [3.8, 4) is 11.4 Å². The van der Waals surface area contributed by atoms with E-state index in [1.165, 1.54) is 0 Å². The van der Waals surface area contributed by atoms with E-state index < -0.39 is 0 Å². The Balaban J connectivity index is 1.59. The van der Waals surface area contributed by atoms with Gasteiger partial charge in [0.1, 0.15) is 11.5 Å². The molecule has 0 saturated carbocycles. The predicted molar refractivity (Wildman–Crippen MR) is 92.6 cm³/mol. The summed E-state index contributed by atoms with van der Waals surface area (Å²) in [7, 11) is 2.18. The van der Waals surface area contributed by atoms with Crippen molar-refractivity contribution in [2.75, 3.05) is 25.5 Å². The Morgan fingerprint density at radius 1 is 1.09 bits per heavy atom. The molecule has 1 saturated heterocycles. The lowest BCUT2D eigenvalue weighted by Gasteiger charge is -2.29. The molecule has 118 valence electrons. The molecule has 0 aliphatic carbocycles. The van der Waals surface area contributed by atoms with Gasteiger partial charge in [0.15, 0.2) is 0 Å². The molecule has 0 bridgehead atoms. The van der Waals surface area contributed by atoms with Gasteiger partial charge >= 0.3 is 0 Å². The number of hydrogen-bond donors (Lipinski definition) is 1. The molecule has 1 aliphatic heterocycles. The van der Waals surface area contributed by atoms with Crippen LogP contribution in [0.1, 0.15) is 12.8 Å². The lowest BCUT2D eigenvalue weighted by atomic mass is 10.1. The summed E-state index contributed by atoms with van der Waals surface area (Å²) in [6.45, 7) is 2.29. The van der Waals surface area contributed by atoms with Gasteiger partial charge in [0, 0.05) is 12.2 Å². The van der Waals surface area contributed by atoms with Crippen molar-refractivity contribution < 1.29 is 0 Å². The number of nitrogens with zero attached hydrogens (tertiary/aromatic N) is 4. The number of piperidine rings is 1. The van der Waals surface area contributed by atoms with Crippen LogP contribution in [0.3, 0.4) is 0 Å². The Labute approximate surface area is 136 Å². The van der Waals surface area contributed by atoms with Crippen LogP contribution in [0.2, 0.25) is 0 Å². The second-order valence-corrected chi connectivity index (χ2v) is 6.20. The van der Waals surface area contributed by atoms with Gasteiger partial charge in [-0.1, -0.05) is 12.1 Å². The number of rotatable bonds is 3. The summed E-state index contributed by atoms with van der Waals surface area (Å²) < 4.78 is 2.07. The standard InChI is InChI=1S/C18H21N5/c1-22-11-8-14(9-12-22)20-17-6-4-5-15(21-17)16-13-19-18-7-2-3-10-23(16)18/h2-7,10,13-14H,8-9,11-12H2,1H3,(H,20,21). The first kappa shape index (κ1) is 14.2. The number of imidazole rings is 1. The summed E-state index contributed by atoms with van der Waals surface area (Å²) in [4.78, 5) is 11.6. The molecule has 0 radical (unpaired) electrons. The number of aromatic nitrogens is 3. The highest BCUT2D eigenvalue weighted by molar-refractivity contribution is 5.61. The van der Waals surface area contributed by atoms with Gasteiger partial charge in [0.25, 0.3) is 0 Å². The monoisotopic (exact) mass is 307 g/mol. The Kier molecular flexibility index (Phi) is 3.71. The van der Waals surface area contributed by atoms with Crippen molar-refractivity contribution >= 4 is 11.5 Å². The number of hydrogen-bond acceptors (Lipinski definition) is 4. The van der Waals surface area contributed by atoms with Gasteiger partial charge in [-0.15, -0.1) is 0 Å². The van der Waals surface area contributed by atoms with E-state index in [4.69, 9.17) is 4.98 Å². The fourth-order valence-corrected chi connectivity index (χ4v) is 3.14. The molecular weight excluding hydrogens is 286 g/mol. The van der Waals surface area contributed by atoms with Crippen LogP contribution in [0.25, 0.3) is 17.0 Å². The molecule has 4 heterocycles. The van der Waals surface area contributed by atoms with Gasteiger partial charge in [0.05, 0.1) is 17.6 Å². The topological polar surface area (TPSA) is 45.5 Å². The maximum Gasteiger partial charge on any atom is 0.137 e. The Bertz CT molecular complexity index is 802. The molecule has 1 N–H and O–H groups in total. The van der Waals surface area contributed by atoms with Gasteiger partial charge in [-0.3, -0.25) is 4.40 Å². The fourth-order valence-electron chi connectivity index (χ4n) is 3.14. The van der Waals surface area contributed by atoms with E-state index in [0.29, 0.717) is 6.04 Å². The molecule has 23 heavy (non-hydrogen) atoms. The van der Waals surface area contributed by atoms with Crippen molar-refractivity contribution in [1.82, 2.24) is 19.3 Å². The van der Waals surface area contributed by atoms with E-state index in [-0.39, 0.29) is 0 Å². The second-order valence-electron chi connectivity index (χ2n) is 6.20. The van der Waals surface area contributed by atoms with Crippen molar-refractivity contribution in [2.24, 2.45) is 0 Å². The van der Waals surface area contributed by atoms with E-state index in [1.54, 1.807) is 0 Å². The van der Waals surface area contributed by atoms with Gasteiger partial charge in [-0.25, -0.2) is 9.97 Å². The maximum atomic E-state index is 4.79. The van der Waals surface area contributed by atoms with Gasteiger partial charge in [-0.05, 0) is 57.2 Å². The maximum absolute atomic E-state index is 4.79. The first-order valence-corrected chi connectivity index (χ1v) is 8.14. The minimum atomic E-state index is 0.510. The highest BCUT2D eigenvalue weighted by Crippen LogP contribution is 2.21. The third-order valence-electron chi connectivity index (χ3n) is 4.50. The van der Waals surface area contributed by atoms with Gasteiger partial charge in [0.2, 0.25) is 0 Å². The van der Waals surface area contributed by atoms with Crippen molar-refractivity contribution in [3.05, 3.63) is 48.8 Å². The van der Waals surface area contributed by atoms with Crippen LogP contribution in [0.4, 0.5) is 5.82 Å². The van der Waals surface area contributed by atoms with Crippen molar-refractivity contribution in [1.29, 1.82) is 0 Å². The van der Waals surface area contributed by atoms with Crippen LogP contribution in [-0.4, -0.2) is 45.4 Å². The number of anilines is 1. The molecule has 5 heteroatoms. The quantitative estimate of drug-likeness (QED) is 0.808. The first-order valence-electron chi connectivity index (χ1n) is 8.14. The SMILES string of the molecule is CN1CCC(Nc2cccc(-c3cnc4ccccn34)n2)CC1. The summed E-state index contributed by atoms with van der Waals surface area (Å²) >= 11 is 0. The molecule has 5 nitrogen and oxygen atoms in total. The Morgan fingerprint density at radius 3 is 2.83 bits per heavy atom. The minimum Gasteiger partial charge on any atom is -0.367 e. The first-order chi connectivity index (χ1) is 11.3. The average Bonchev–Trinajstić information content (AvgIpc) is 3.01. The van der Waals surface area contributed by atoms with E-state index in [2.05, 4.69) is 32.7 Å². The van der Waals surface area contributed by atoms with Crippen molar-refractivity contribution in [2.45, 2.75) is 18.9 Å². The lowest BCUT2D eigenvalue weighted by Crippen LogP contribution is -2.36. The van der Waals surface area contributed by atoms with E-state index >= 15 is 0 Å². The molecule has 3 aromatic rings. The van der Waals surface area contributed by atoms with E-state index in [0.717, 1.165) is 48.8 Å². The molecule has 0 unspecified atom stereocenters. The van der Waals surface area contributed by atoms with Crippen LogP contribution < -0.4 is 5.32 Å². The molecule has 1 aliphatic rings. The van der Waals surface area contributed by atoms with E-state index in [9.17, 15) is 0 Å². The summed E-state index contributed by atoms with van der Waals surface area (Å²) in [5, 5.41) is 3.58. The molecule has 4 rings (SSSR count). The lowest BCUT2D eigenvalue weighted by molar-refractivity contribution is 0.263. The predicted octanol–water partition coefficient (Wildman–Crippen LogP) is 2.90. The second kappa shape index (κ2) is 6.01. The van der Waals surface area contributed by atoms with Crippen LogP contribution in [-0.2, 0) is 0 Å². The molecule has 0 atom stereocenters. The van der Waals surface area contributed by atoms with Crippen LogP contribution in [0.15, 0.2) is 48.8 Å². The number of fused-ring (bicyclic) bond motifs is 1. The molecule has 1 fully saturated rings. The molecular formula is C18H21N5. The average molecular weight is 307 g/mol. The smallest absolute Gasteiger partial charge is 0.137 e. The van der Waals surface area contributed by atoms with Crippen LogP contribution in [0, 0.1) is 0 Å². The van der Waals surface area contributed by atoms with Gasteiger partial charge in [-0.2, -0.15) is 0 Å². The molecule has 0 spiro atoms. The van der Waals surface area contributed by atoms with Gasteiger partial charge < -0.3 is 10.2 Å². The third kappa shape index (κ3) is 2.92. The minimum absolute atomic E-state index is 0.510. The molecule has 0 aromatic carbocycles. The zero-order valence-electron chi connectivity index (χ0n) is 13.3. The summed E-state index contributed by atoms with van der Waals surface area (Å²) in [5.74, 6) is 0.947. The summed E-state index contributed by atoms with van der Waals surface area (Å²) in [6, 6.07) is 12.7. The molecule has 3 aromatic heterocycles. The number of likely N-dealkylation sites (tertiary alicyclic amines) is 1. The highest BCUT2D eigenvalue weighted by atomic mass is 15.1. The fraction of sp³-hybridized carbons (Fsp3) is 0.333. The van der Waals surface area contributed by atoms with Crippen LogP contribution >= 0.6 is 0 Å². The molecule has 0 amide bonds. The zero-order chi connectivity index (χ0) is 15.6. The Hall–Kier alpha value is -2.40.